The lowest BCUT2D eigenvalue weighted by Crippen LogP contribution is -2.10. The molecular formula is C19H24N4O3. The highest BCUT2D eigenvalue weighted by atomic mass is 16.5. The first-order valence-electron chi connectivity index (χ1n) is 8.40. The van der Waals surface area contributed by atoms with Gasteiger partial charge in [-0.3, -0.25) is 0 Å². The molecule has 2 aromatic heterocycles. The molecule has 0 aliphatic rings. The fraction of sp³-hybridized carbons (Fsp3) is 0.368. The maximum atomic E-state index is 5.60. The van der Waals surface area contributed by atoms with Gasteiger partial charge in [-0.15, -0.1) is 0 Å². The lowest BCUT2D eigenvalue weighted by Gasteiger charge is -2.15. The van der Waals surface area contributed by atoms with E-state index in [4.69, 9.17) is 14.2 Å². The predicted molar refractivity (Wildman–Crippen MR) is 98.7 cm³/mol. The number of hydrogen-bond acceptors (Lipinski definition) is 5. The fourth-order valence-corrected chi connectivity index (χ4v) is 2.99. The quantitative estimate of drug-likeness (QED) is 0.621. The third-order valence-corrected chi connectivity index (χ3v) is 4.25. The van der Waals surface area contributed by atoms with Crippen LogP contribution in [0.2, 0.25) is 0 Å². The standard InChI is InChI=1S/C19H24N4O3/c1-14-9-16(18(26-4)17(10-14)25-3)19-21-5-6-22(19)12-15-11-20-13-23(15)7-8-24-2/h5-6,9-11,13H,7-8,12H2,1-4H3. The van der Waals surface area contributed by atoms with Crippen molar-refractivity contribution in [3.05, 3.63) is 48.3 Å². The lowest BCUT2D eigenvalue weighted by atomic mass is 10.1. The van der Waals surface area contributed by atoms with E-state index in [0.29, 0.717) is 24.7 Å². The van der Waals surface area contributed by atoms with Gasteiger partial charge >= 0.3 is 0 Å². The van der Waals surface area contributed by atoms with Crippen LogP contribution >= 0.6 is 0 Å². The first-order valence-corrected chi connectivity index (χ1v) is 8.40. The molecular weight excluding hydrogens is 332 g/mol. The number of nitrogens with zero attached hydrogens (tertiary/aromatic N) is 4. The summed E-state index contributed by atoms with van der Waals surface area (Å²) in [6.07, 6.45) is 7.44. The Hall–Kier alpha value is -2.80. The van der Waals surface area contributed by atoms with Gasteiger partial charge in [-0.2, -0.15) is 0 Å². The number of aryl methyl sites for hydroxylation is 1. The molecule has 0 aliphatic heterocycles. The topological polar surface area (TPSA) is 63.3 Å². The Morgan fingerprint density at radius 1 is 1.08 bits per heavy atom. The number of ether oxygens (including phenoxy) is 3. The molecule has 0 aliphatic carbocycles. The van der Waals surface area contributed by atoms with Crippen molar-refractivity contribution < 1.29 is 14.2 Å². The van der Waals surface area contributed by atoms with Gasteiger partial charge in [0, 0.05) is 32.2 Å². The van der Waals surface area contributed by atoms with Crippen molar-refractivity contribution in [2.24, 2.45) is 0 Å². The zero-order chi connectivity index (χ0) is 18.5. The van der Waals surface area contributed by atoms with Gasteiger partial charge < -0.3 is 23.3 Å². The molecule has 0 spiro atoms. The summed E-state index contributed by atoms with van der Waals surface area (Å²) < 4.78 is 20.4. The molecule has 26 heavy (non-hydrogen) atoms. The molecule has 2 heterocycles. The maximum Gasteiger partial charge on any atom is 0.171 e. The Labute approximate surface area is 153 Å². The number of benzene rings is 1. The number of imidazole rings is 2. The van der Waals surface area contributed by atoms with E-state index < -0.39 is 0 Å². The monoisotopic (exact) mass is 356 g/mol. The van der Waals surface area contributed by atoms with Crippen molar-refractivity contribution in [3.63, 3.8) is 0 Å². The zero-order valence-electron chi connectivity index (χ0n) is 15.6. The second kappa shape index (κ2) is 8.05. The minimum atomic E-state index is 0.642. The van der Waals surface area contributed by atoms with Gasteiger partial charge in [0.2, 0.25) is 0 Å². The Bertz CT molecular complexity index is 870. The summed E-state index contributed by atoms with van der Waals surface area (Å²) in [7, 11) is 4.98. The number of hydrogen-bond donors (Lipinski definition) is 0. The Kier molecular flexibility index (Phi) is 5.58. The summed E-state index contributed by atoms with van der Waals surface area (Å²) in [5.41, 5.74) is 3.06. The highest BCUT2D eigenvalue weighted by Gasteiger charge is 2.17. The summed E-state index contributed by atoms with van der Waals surface area (Å²) in [4.78, 5) is 8.82. The number of rotatable bonds is 8. The van der Waals surface area contributed by atoms with E-state index in [2.05, 4.69) is 25.2 Å². The average molecular weight is 356 g/mol. The third-order valence-electron chi connectivity index (χ3n) is 4.25. The summed E-state index contributed by atoms with van der Waals surface area (Å²) in [6, 6.07) is 4.01. The number of methoxy groups -OCH3 is 3. The molecule has 0 saturated heterocycles. The second-order valence-electron chi connectivity index (χ2n) is 6.00. The van der Waals surface area contributed by atoms with Crippen LogP contribution in [0.25, 0.3) is 11.4 Å². The Balaban J connectivity index is 1.98. The van der Waals surface area contributed by atoms with Crippen molar-refractivity contribution >= 4 is 0 Å². The Morgan fingerprint density at radius 3 is 2.65 bits per heavy atom. The normalized spacial score (nSPS) is 10.9. The maximum absolute atomic E-state index is 5.60. The first-order chi connectivity index (χ1) is 12.7. The van der Waals surface area contributed by atoms with Crippen molar-refractivity contribution in [1.29, 1.82) is 0 Å². The van der Waals surface area contributed by atoms with Gasteiger partial charge in [0.15, 0.2) is 11.5 Å². The third kappa shape index (κ3) is 3.57. The molecule has 0 unspecified atom stereocenters. The van der Waals surface area contributed by atoms with Crippen LogP contribution in [0.4, 0.5) is 0 Å². The second-order valence-corrected chi connectivity index (χ2v) is 6.00. The summed E-state index contributed by atoms with van der Waals surface area (Å²) >= 11 is 0. The first kappa shape index (κ1) is 18.0. The predicted octanol–water partition coefficient (Wildman–Crippen LogP) is 2.77. The SMILES string of the molecule is COCCn1cncc1Cn1ccnc1-c1cc(C)cc(OC)c1OC. The Morgan fingerprint density at radius 2 is 1.92 bits per heavy atom. The van der Waals surface area contributed by atoms with Gasteiger partial charge in [-0.1, -0.05) is 0 Å². The molecule has 3 aromatic rings. The fourth-order valence-electron chi connectivity index (χ4n) is 2.99. The summed E-state index contributed by atoms with van der Waals surface area (Å²) in [6.45, 7) is 4.08. The summed E-state index contributed by atoms with van der Waals surface area (Å²) in [5, 5.41) is 0. The van der Waals surface area contributed by atoms with Crippen LogP contribution in [-0.2, 0) is 17.8 Å². The van der Waals surface area contributed by atoms with E-state index in [1.54, 1.807) is 27.5 Å². The molecule has 0 amide bonds. The van der Waals surface area contributed by atoms with Crippen molar-refractivity contribution in [2.75, 3.05) is 27.9 Å². The van der Waals surface area contributed by atoms with E-state index in [0.717, 1.165) is 29.2 Å². The molecule has 0 radical (unpaired) electrons. The molecule has 0 bridgehead atoms. The molecule has 0 N–H and O–H groups in total. The van der Waals surface area contributed by atoms with Crippen LogP contribution in [0, 0.1) is 6.92 Å². The van der Waals surface area contributed by atoms with Gasteiger partial charge in [0.25, 0.3) is 0 Å². The molecule has 3 rings (SSSR count). The molecule has 0 saturated carbocycles. The van der Waals surface area contributed by atoms with E-state index in [1.807, 2.05) is 31.7 Å². The van der Waals surface area contributed by atoms with Crippen LogP contribution in [-0.4, -0.2) is 47.0 Å². The molecule has 0 fully saturated rings. The molecule has 7 heteroatoms. The van der Waals surface area contributed by atoms with Gasteiger partial charge in [0.1, 0.15) is 5.82 Å². The lowest BCUT2D eigenvalue weighted by molar-refractivity contribution is 0.186. The highest BCUT2D eigenvalue weighted by molar-refractivity contribution is 5.70. The smallest absolute Gasteiger partial charge is 0.171 e. The van der Waals surface area contributed by atoms with Crippen LogP contribution in [0.5, 0.6) is 11.5 Å². The van der Waals surface area contributed by atoms with Crippen LogP contribution in [0.15, 0.2) is 37.1 Å². The van der Waals surface area contributed by atoms with Crippen LogP contribution in [0.3, 0.4) is 0 Å². The molecule has 138 valence electrons. The average Bonchev–Trinajstić information content (AvgIpc) is 3.28. The van der Waals surface area contributed by atoms with Crippen LogP contribution < -0.4 is 9.47 Å². The van der Waals surface area contributed by atoms with E-state index >= 15 is 0 Å². The zero-order valence-corrected chi connectivity index (χ0v) is 15.6. The van der Waals surface area contributed by atoms with Crippen LogP contribution in [0.1, 0.15) is 11.3 Å². The minimum Gasteiger partial charge on any atom is -0.493 e. The van der Waals surface area contributed by atoms with E-state index in [1.165, 1.54) is 0 Å². The van der Waals surface area contributed by atoms with Crippen molar-refractivity contribution in [2.45, 2.75) is 20.0 Å². The minimum absolute atomic E-state index is 0.642. The summed E-state index contributed by atoms with van der Waals surface area (Å²) in [5.74, 6) is 2.20. The molecule has 1 aromatic carbocycles. The van der Waals surface area contributed by atoms with Gasteiger partial charge in [0.05, 0.1) is 45.0 Å². The van der Waals surface area contributed by atoms with E-state index in [-0.39, 0.29) is 0 Å². The van der Waals surface area contributed by atoms with Crippen molar-refractivity contribution in [1.82, 2.24) is 19.1 Å². The molecule has 0 atom stereocenters. The molecule has 7 nitrogen and oxygen atoms in total. The van der Waals surface area contributed by atoms with Gasteiger partial charge in [-0.25, -0.2) is 9.97 Å². The highest BCUT2D eigenvalue weighted by Crippen LogP contribution is 2.38. The largest absolute Gasteiger partial charge is 0.493 e. The number of aromatic nitrogens is 4. The van der Waals surface area contributed by atoms with Gasteiger partial charge in [-0.05, 0) is 24.6 Å². The van der Waals surface area contributed by atoms with E-state index in [9.17, 15) is 0 Å². The van der Waals surface area contributed by atoms with Crippen molar-refractivity contribution in [3.8, 4) is 22.9 Å².